The lowest BCUT2D eigenvalue weighted by Crippen LogP contribution is -2.37. The topological polar surface area (TPSA) is 63.6 Å². The van der Waals surface area contributed by atoms with Gasteiger partial charge in [-0.1, -0.05) is 56.3 Å². The summed E-state index contributed by atoms with van der Waals surface area (Å²) < 4.78 is 7.27. The maximum Gasteiger partial charge on any atom is 0.272 e. The minimum absolute atomic E-state index is 0.0511. The molecule has 1 atom stereocenters. The molecule has 35 heavy (non-hydrogen) atoms. The van der Waals surface area contributed by atoms with Crippen molar-refractivity contribution in [2.75, 3.05) is 19.0 Å². The summed E-state index contributed by atoms with van der Waals surface area (Å²) in [5, 5.41) is 3.98. The second-order valence-electron chi connectivity index (χ2n) is 9.27. The van der Waals surface area contributed by atoms with Gasteiger partial charge < -0.3 is 19.5 Å². The fourth-order valence-corrected chi connectivity index (χ4v) is 4.97. The number of benzene rings is 3. The molecular weight excluding hydrogens is 438 g/mol. The number of nitrogens with zero attached hydrogens (tertiary/aromatic N) is 2. The number of anilines is 1. The Kier molecular flexibility index (Phi) is 5.81. The Balaban J connectivity index is 1.50. The van der Waals surface area contributed by atoms with Crippen LogP contribution in [0.1, 0.15) is 53.0 Å². The first-order valence-electron chi connectivity index (χ1n) is 11.8. The van der Waals surface area contributed by atoms with Gasteiger partial charge in [-0.3, -0.25) is 9.59 Å². The minimum atomic E-state index is -0.372. The van der Waals surface area contributed by atoms with E-state index in [-0.39, 0.29) is 24.4 Å². The number of para-hydroxylation sites is 1. The Morgan fingerprint density at radius 2 is 1.69 bits per heavy atom. The van der Waals surface area contributed by atoms with Crippen molar-refractivity contribution in [3.8, 4) is 5.75 Å². The van der Waals surface area contributed by atoms with Gasteiger partial charge in [-0.15, -0.1) is 0 Å². The standard InChI is InChI=1S/C29H29N3O3/c1-18(2)19-9-13-21(14-10-19)30-25(33)17-32-27(20-11-15-22(35-4)16-12-20)26-23-7-5-6-8-24(23)31(3)28(26)29(32)34/h5-16,18,27H,17H2,1-4H3,(H,30,33)/t27-/m1/s1. The van der Waals surface area contributed by atoms with Crippen molar-refractivity contribution in [2.24, 2.45) is 7.05 Å². The zero-order valence-electron chi connectivity index (χ0n) is 20.4. The summed E-state index contributed by atoms with van der Waals surface area (Å²) >= 11 is 0. The van der Waals surface area contributed by atoms with E-state index >= 15 is 0 Å². The van der Waals surface area contributed by atoms with E-state index < -0.39 is 0 Å². The SMILES string of the molecule is COc1ccc([C@@H]2c3c(n(C)c4ccccc34)C(=O)N2CC(=O)Nc2ccc(C(C)C)cc2)cc1. The first-order valence-corrected chi connectivity index (χ1v) is 11.8. The van der Waals surface area contributed by atoms with Crippen molar-refractivity contribution >= 4 is 28.4 Å². The van der Waals surface area contributed by atoms with Crippen molar-refractivity contribution in [1.82, 2.24) is 9.47 Å². The van der Waals surface area contributed by atoms with Crippen molar-refractivity contribution < 1.29 is 14.3 Å². The second kappa shape index (κ2) is 8.95. The molecule has 2 heterocycles. The highest BCUT2D eigenvalue weighted by Crippen LogP contribution is 2.44. The fraction of sp³-hybridized carbons (Fsp3) is 0.241. The summed E-state index contributed by atoms with van der Waals surface area (Å²) in [4.78, 5) is 28.5. The van der Waals surface area contributed by atoms with Crippen molar-refractivity contribution in [1.29, 1.82) is 0 Å². The fourth-order valence-electron chi connectivity index (χ4n) is 4.97. The van der Waals surface area contributed by atoms with Crippen LogP contribution in [-0.4, -0.2) is 34.9 Å². The predicted molar refractivity (Wildman–Crippen MR) is 138 cm³/mol. The summed E-state index contributed by atoms with van der Waals surface area (Å²) in [5.74, 6) is 0.780. The molecule has 0 bridgehead atoms. The number of nitrogens with one attached hydrogen (secondary N) is 1. The molecule has 1 N–H and O–H groups in total. The number of aromatic nitrogens is 1. The highest BCUT2D eigenvalue weighted by Gasteiger charge is 2.42. The molecule has 5 rings (SSSR count). The summed E-state index contributed by atoms with van der Waals surface area (Å²) in [6.07, 6.45) is 0. The van der Waals surface area contributed by atoms with Crippen LogP contribution in [0.2, 0.25) is 0 Å². The number of carbonyl (C=O) groups excluding carboxylic acids is 2. The number of rotatable bonds is 6. The molecule has 2 amide bonds. The van der Waals surface area contributed by atoms with Crippen LogP contribution < -0.4 is 10.1 Å². The van der Waals surface area contributed by atoms with Crippen molar-refractivity contribution in [2.45, 2.75) is 25.8 Å². The molecule has 6 heteroatoms. The first-order chi connectivity index (χ1) is 16.9. The Hall–Kier alpha value is -4.06. The molecular formula is C29H29N3O3. The van der Waals surface area contributed by atoms with Gasteiger partial charge in [-0.05, 0) is 47.4 Å². The zero-order valence-corrected chi connectivity index (χ0v) is 20.4. The van der Waals surface area contributed by atoms with Gasteiger partial charge in [0, 0.05) is 29.2 Å². The average molecular weight is 468 g/mol. The maximum atomic E-state index is 13.7. The largest absolute Gasteiger partial charge is 0.497 e. The summed E-state index contributed by atoms with van der Waals surface area (Å²) in [5.41, 5.74) is 5.42. The van der Waals surface area contributed by atoms with E-state index in [2.05, 4.69) is 19.2 Å². The van der Waals surface area contributed by atoms with Gasteiger partial charge in [0.2, 0.25) is 5.91 Å². The molecule has 6 nitrogen and oxygen atoms in total. The molecule has 0 fully saturated rings. The average Bonchev–Trinajstić information content (AvgIpc) is 3.31. The summed E-state index contributed by atoms with van der Waals surface area (Å²) in [6, 6.07) is 23.2. The lowest BCUT2D eigenvalue weighted by Gasteiger charge is -2.26. The highest BCUT2D eigenvalue weighted by atomic mass is 16.5. The zero-order chi connectivity index (χ0) is 24.7. The van der Waals surface area contributed by atoms with E-state index in [9.17, 15) is 9.59 Å². The van der Waals surface area contributed by atoms with E-state index in [1.165, 1.54) is 5.56 Å². The van der Waals surface area contributed by atoms with Crippen LogP contribution in [0.4, 0.5) is 5.69 Å². The molecule has 0 spiro atoms. The van der Waals surface area contributed by atoms with Crippen LogP contribution in [0.15, 0.2) is 72.8 Å². The van der Waals surface area contributed by atoms with Gasteiger partial charge >= 0.3 is 0 Å². The van der Waals surface area contributed by atoms with Crippen LogP contribution in [0.5, 0.6) is 5.75 Å². The number of hydrogen-bond acceptors (Lipinski definition) is 3. The van der Waals surface area contributed by atoms with Crippen LogP contribution >= 0.6 is 0 Å². The molecule has 0 saturated carbocycles. The third kappa shape index (κ3) is 3.95. The van der Waals surface area contributed by atoms with E-state index in [4.69, 9.17) is 4.74 Å². The van der Waals surface area contributed by atoms with Crippen LogP contribution in [-0.2, 0) is 11.8 Å². The molecule has 178 valence electrons. The van der Waals surface area contributed by atoms with Gasteiger partial charge in [-0.25, -0.2) is 0 Å². The lowest BCUT2D eigenvalue weighted by molar-refractivity contribution is -0.117. The van der Waals surface area contributed by atoms with Crippen LogP contribution in [0.3, 0.4) is 0 Å². The quantitative estimate of drug-likeness (QED) is 0.408. The third-order valence-electron chi connectivity index (χ3n) is 6.80. The molecule has 0 radical (unpaired) electrons. The van der Waals surface area contributed by atoms with Gasteiger partial charge in [0.15, 0.2) is 0 Å². The molecule has 4 aromatic rings. The van der Waals surface area contributed by atoms with Crippen LogP contribution in [0.25, 0.3) is 10.9 Å². The van der Waals surface area contributed by atoms with Gasteiger partial charge in [0.05, 0.1) is 13.2 Å². The molecule has 1 aromatic heterocycles. The first kappa shape index (κ1) is 22.7. The Bertz CT molecular complexity index is 1400. The number of amides is 2. The predicted octanol–water partition coefficient (Wildman–Crippen LogP) is 5.49. The molecule has 3 aromatic carbocycles. The van der Waals surface area contributed by atoms with Gasteiger partial charge in [0.25, 0.3) is 5.91 Å². The van der Waals surface area contributed by atoms with Crippen molar-refractivity contribution in [3.63, 3.8) is 0 Å². The van der Waals surface area contributed by atoms with E-state index in [0.29, 0.717) is 11.6 Å². The summed E-state index contributed by atoms with van der Waals surface area (Å²) in [7, 11) is 3.53. The minimum Gasteiger partial charge on any atom is -0.497 e. The molecule has 1 aliphatic rings. The number of ether oxygens (including phenoxy) is 1. The van der Waals surface area contributed by atoms with Gasteiger partial charge in [-0.2, -0.15) is 0 Å². The van der Waals surface area contributed by atoms with Crippen LogP contribution in [0, 0.1) is 0 Å². The molecule has 0 unspecified atom stereocenters. The number of hydrogen-bond donors (Lipinski definition) is 1. The third-order valence-corrected chi connectivity index (χ3v) is 6.80. The van der Waals surface area contributed by atoms with E-state index in [1.54, 1.807) is 12.0 Å². The Morgan fingerprint density at radius 3 is 2.34 bits per heavy atom. The molecule has 0 saturated heterocycles. The Labute approximate surface area is 205 Å². The van der Waals surface area contributed by atoms with E-state index in [0.717, 1.165) is 33.5 Å². The number of carbonyl (C=O) groups is 2. The maximum absolute atomic E-state index is 13.7. The van der Waals surface area contributed by atoms with E-state index in [1.807, 2.05) is 84.4 Å². The normalized spacial score (nSPS) is 15.1. The van der Waals surface area contributed by atoms with Gasteiger partial charge in [0.1, 0.15) is 18.0 Å². The Morgan fingerprint density at radius 1 is 1.00 bits per heavy atom. The number of aryl methyl sites for hydroxylation is 1. The monoisotopic (exact) mass is 467 g/mol. The van der Waals surface area contributed by atoms with Crippen molar-refractivity contribution in [3.05, 3.63) is 95.2 Å². The number of fused-ring (bicyclic) bond motifs is 3. The second-order valence-corrected chi connectivity index (χ2v) is 9.27. The molecule has 1 aliphatic heterocycles. The highest BCUT2D eigenvalue weighted by molar-refractivity contribution is 6.08. The smallest absolute Gasteiger partial charge is 0.272 e. The summed E-state index contributed by atoms with van der Waals surface area (Å²) in [6.45, 7) is 4.21. The number of methoxy groups -OCH3 is 1. The lowest BCUT2D eigenvalue weighted by atomic mass is 9.98. The molecule has 0 aliphatic carbocycles.